The molecule has 2 aromatic carbocycles. The molecule has 0 aromatic heterocycles. The molecule has 0 atom stereocenters. The molecule has 2 aromatic rings. The number of halogens is 2. The van der Waals surface area contributed by atoms with Crippen LogP contribution in [0.5, 0.6) is 0 Å². The number of piperidine rings is 1. The van der Waals surface area contributed by atoms with Crippen LogP contribution in [0.3, 0.4) is 0 Å². The third-order valence-corrected chi connectivity index (χ3v) is 6.46. The molecule has 2 aliphatic heterocycles. The van der Waals surface area contributed by atoms with Crippen LogP contribution in [0.2, 0.25) is 0 Å². The van der Waals surface area contributed by atoms with Crippen molar-refractivity contribution in [2.24, 2.45) is 0 Å². The van der Waals surface area contributed by atoms with Gasteiger partial charge in [-0.15, -0.1) is 0 Å². The smallest absolute Gasteiger partial charge is 0.305 e. The van der Waals surface area contributed by atoms with Gasteiger partial charge >= 0.3 is 6.03 Å². The quantitative estimate of drug-likeness (QED) is 0.828. The first-order valence-electron chi connectivity index (χ1n) is 9.93. The molecule has 28 heavy (non-hydrogen) atoms. The number of urea groups is 1. The Bertz CT molecular complexity index is 920. The molecule has 0 radical (unpaired) electrons. The Labute approximate surface area is 163 Å². The van der Waals surface area contributed by atoms with Crippen molar-refractivity contribution in [3.63, 3.8) is 0 Å². The molecule has 1 saturated carbocycles. The van der Waals surface area contributed by atoms with Gasteiger partial charge in [-0.25, -0.2) is 13.6 Å². The van der Waals surface area contributed by atoms with Gasteiger partial charge in [0.25, 0.3) is 0 Å². The molecule has 2 amide bonds. The van der Waals surface area contributed by atoms with Gasteiger partial charge in [-0.1, -0.05) is 12.1 Å². The lowest BCUT2D eigenvalue weighted by Gasteiger charge is -2.40. The lowest BCUT2D eigenvalue weighted by molar-refractivity contribution is 0.159. The normalized spacial score (nSPS) is 21.0. The zero-order chi connectivity index (χ0) is 19.3. The van der Waals surface area contributed by atoms with Crippen molar-refractivity contribution in [3.8, 4) is 0 Å². The number of para-hydroxylation sites is 1. The Morgan fingerprint density at radius 3 is 2.54 bits per heavy atom. The van der Waals surface area contributed by atoms with Crippen LogP contribution >= 0.6 is 0 Å². The van der Waals surface area contributed by atoms with E-state index in [4.69, 9.17) is 0 Å². The number of benzene rings is 2. The highest BCUT2D eigenvalue weighted by Crippen LogP contribution is 2.48. The number of carbonyl (C=O) groups is 1. The summed E-state index contributed by atoms with van der Waals surface area (Å²) in [6.45, 7) is 2.46. The van der Waals surface area contributed by atoms with Crippen molar-refractivity contribution >= 4 is 17.4 Å². The number of nitrogens with zero attached hydrogens (tertiary/aromatic N) is 2. The van der Waals surface area contributed by atoms with Crippen LogP contribution in [0.1, 0.15) is 31.2 Å². The summed E-state index contributed by atoms with van der Waals surface area (Å²) in [5.41, 5.74) is 1.57. The van der Waals surface area contributed by atoms with E-state index in [9.17, 15) is 13.6 Å². The summed E-state index contributed by atoms with van der Waals surface area (Å²) in [5, 5.41) is 2.67. The van der Waals surface area contributed by atoms with Crippen molar-refractivity contribution in [2.45, 2.75) is 37.1 Å². The number of rotatable bonds is 2. The molecule has 0 bridgehead atoms. The fourth-order valence-corrected chi connectivity index (χ4v) is 4.75. The second-order valence-electron chi connectivity index (χ2n) is 8.21. The first kappa shape index (κ1) is 17.6. The number of anilines is 2. The number of hydrogen-bond acceptors (Lipinski definition) is 2. The second kappa shape index (κ2) is 6.55. The van der Waals surface area contributed by atoms with Crippen LogP contribution in [0.25, 0.3) is 0 Å². The molecule has 1 N–H and O–H groups in total. The highest BCUT2D eigenvalue weighted by atomic mass is 19.1. The summed E-state index contributed by atoms with van der Waals surface area (Å²) >= 11 is 0. The molecule has 0 unspecified atom stereocenters. The van der Waals surface area contributed by atoms with Crippen LogP contribution < -0.4 is 10.2 Å². The molecular weight excluding hydrogens is 360 g/mol. The van der Waals surface area contributed by atoms with Gasteiger partial charge in [-0.2, -0.15) is 0 Å². The van der Waals surface area contributed by atoms with Gasteiger partial charge in [0.1, 0.15) is 11.6 Å². The Morgan fingerprint density at radius 2 is 1.82 bits per heavy atom. The topological polar surface area (TPSA) is 35.6 Å². The highest BCUT2D eigenvalue weighted by Gasteiger charge is 2.48. The zero-order valence-corrected chi connectivity index (χ0v) is 15.6. The molecule has 4 nitrogen and oxygen atoms in total. The van der Waals surface area contributed by atoms with Gasteiger partial charge in [0, 0.05) is 23.7 Å². The van der Waals surface area contributed by atoms with Gasteiger partial charge in [-0.3, -0.25) is 4.90 Å². The van der Waals surface area contributed by atoms with Crippen LogP contribution in [0.15, 0.2) is 42.5 Å². The number of likely N-dealkylation sites (tertiary alicyclic amines) is 1. The maximum absolute atomic E-state index is 14.1. The fraction of sp³-hybridized carbons (Fsp3) is 0.409. The van der Waals surface area contributed by atoms with Crippen molar-refractivity contribution < 1.29 is 13.6 Å². The second-order valence-corrected chi connectivity index (χ2v) is 8.21. The first-order chi connectivity index (χ1) is 13.6. The van der Waals surface area contributed by atoms with Crippen molar-refractivity contribution in [1.29, 1.82) is 0 Å². The van der Waals surface area contributed by atoms with Gasteiger partial charge in [-0.05, 0) is 74.7 Å². The number of fused-ring (bicyclic) bond motifs is 2. The van der Waals surface area contributed by atoms with E-state index in [2.05, 4.69) is 10.2 Å². The van der Waals surface area contributed by atoms with Crippen LogP contribution in [0.4, 0.5) is 25.0 Å². The Morgan fingerprint density at radius 1 is 1.07 bits per heavy atom. The Balaban J connectivity index is 1.43. The molecule has 3 aliphatic rings. The summed E-state index contributed by atoms with van der Waals surface area (Å²) in [6, 6.07) is 11.1. The summed E-state index contributed by atoms with van der Waals surface area (Å²) in [6.07, 6.45) is 4.36. The van der Waals surface area contributed by atoms with E-state index in [-0.39, 0.29) is 23.0 Å². The van der Waals surface area contributed by atoms with E-state index >= 15 is 0 Å². The highest BCUT2D eigenvalue weighted by molar-refractivity contribution is 6.03. The molecule has 1 spiro atoms. The van der Waals surface area contributed by atoms with Gasteiger partial charge in [0.15, 0.2) is 0 Å². The maximum atomic E-state index is 14.1. The lowest BCUT2D eigenvalue weighted by Crippen LogP contribution is -2.47. The third kappa shape index (κ3) is 2.96. The number of hydrogen-bond donors (Lipinski definition) is 1. The minimum absolute atomic E-state index is 0.153. The largest absolute Gasteiger partial charge is 0.326 e. The monoisotopic (exact) mass is 383 g/mol. The van der Waals surface area contributed by atoms with Gasteiger partial charge in [0.2, 0.25) is 0 Å². The minimum Gasteiger partial charge on any atom is -0.305 e. The molecular formula is C22H23F2N3O. The maximum Gasteiger partial charge on any atom is 0.326 e. The van der Waals surface area contributed by atoms with Crippen molar-refractivity contribution in [3.05, 3.63) is 59.7 Å². The van der Waals surface area contributed by atoms with Crippen molar-refractivity contribution in [2.75, 3.05) is 29.9 Å². The Kier molecular flexibility index (Phi) is 4.12. The molecule has 1 aliphatic carbocycles. The summed E-state index contributed by atoms with van der Waals surface area (Å²) in [4.78, 5) is 17.1. The summed E-state index contributed by atoms with van der Waals surface area (Å²) in [5.74, 6) is -0.749. The van der Waals surface area contributed by atoms with E-state index in [0.717, 1.165) is 37.2 Å². The van der Waals surface area contributed by atoms with E-state index < -0.39 is 5.82 Å². The summed E-state index contributed by atoms with van der Waals surface area (Å²) < 4.78 is 28.0. The van der Waals surface area contributed by atoms with E-state index in [1.165, 1.54) is 25.0 Å². The number of nitrogens with one attached hydrogen (secondary N) is 1. The third-order valence-electron chi connectivity index (χ3n) is 6.46. The molecule has 2 heterocycles. The molecule has 5 rings (SSSR count). The van der Waals surface area contributed by atoms with E-state index in [1.807, 2.05) is 0 Å². The van der Waals surface area contributed by atoms with Crippen LogP contribution in [-0.4, -0.2) is 36.6 Å². The standard InChI is InChI=1S/C22H23F2N3O/c23-15-5-8-20-17(13-15)22(9-11-26(12-10-22)16-6-7-16)14-27(20)21(28)25-19-4-2-1-3-18(19)24/h1-5,8,13,16H,6-7,9-12,14H2,(H,25,28). The average molecular weight is 383 g/mol. The minimum atomic E-state index is -0.471. The summed E-state index contributed by atoms with van der Waals surface area (Å²) in [7, 11) is 0. The van der Waals surface area contributed by atoms with E-state index in [0.29, 0.717) is 12.6 Å². The number of amides is 2. The van der Waals surface area contributed by atoms with Crippen molar-refractivity contribution in [1.82, 2.24) is 4.90 Å². The molecule has 1 saturated heterocycles. The zero-order valence-electron chi connectivity index (χ0n) is 15.6. The lowest BCUT2D eigenvalue weighted by atomic mass is 9.74. The van der Waals surface area contributed by atoms with E-state index in [1.54, 1.807) is 35.2 Å². The van der Waals surface area contributed by atoms with Crippen LogP contribution in [-0.2, 0) is 5.41 Å². The molecule has 6 heteroatoms. The first-order valence-corrected chi connectivity index (χ1v) is 9.93. The molecule has 2 fully saturated rings. The molecule has 146 valence electrons. The average Bonchev–Trinajstić information content (AvgIpc) is 3.49. The SMILES string of the molecule is O=C(Nc1ccccc1F)N1CC2(CCN(C3CC3)CC2)c2cc(F)ccc21. The predicted molar refractivity (Wildman–Crippen MR) is 105 cm³/mol. The van der Waals surface area contributed by atoms with Gasteiger partial charge < -0.3 is 10.2 Å². The predicted octanol–water partition coefficient (Wildman–Crippen LogP) is 4.51. The van der Waals surface area contributed by atoms with Gasteiger partial charge in [0.05, 0.1) is 5.69 Å². The Hall–Kier alpha value is -2.47. The number of carbonyl (C=O) groups excluding carboxylic acids is 1. The van der Waals surface area contributed by atoms with Crippen LogP contribution in [0, 0.1) is 11.6 Å². The fourth-order valence-electron chi connectivity index (χ4n) is 4.75.